The Balaban J connectivity index is 1.73. The van der Waals surface area contributed by atoms with Gasteiger partial charge in [-0.1, -0.05) is 48.5 Å². The highest BCUT2D eigenvalue weighted by atomic mass is 19.1. The van der Waals surface area contributed by atoms with Crippen LogP contribution in [0.25, 0.3) is 17.3 Å². The van der Waals surface area contributed by atoms with E-state index in [0.29, 0.717) is 33.9 Å². The number of hydrogen-bond acceptors (Lipinski definition) is 5. The van der Waals surface area contributed by atoms with E-state index in [1.807, 2.05) is 43.3 Å². The lowest BCUT2D eigenvalue weighted by Gasteiger charge is -2.13. The number of hydrogen-bond donors (Lipinski definition) is 1. The largest absolute Gasteiger partial charge is 0.493 e. The smallest absolute Gasteiger partial charge is 0.262 e. The Morgan fingerprint density at radius 3 is 2.47 bits per heavy atom. The minimum atomic E-state index is -0.510. The number of nitrogens with zero attached hydrogens (tertiary/aromatic N) is 3. The number of nitrogens with one attached hydrogen (secondary N) is 1. The second kappa shape index (κ2) is 11.9. The van der Waals surface area contributed by atoms with Gasteiger partial charge < -0.3 is 14.8 Å². The number of benzene rings is 3. The molecule has 0 unspecified atom stereocenters. The maximum absolute atomic E-state index is 14.3. The number of aromatic nitrogens is 2. The Morgan fingerprint density at radius 1 is 1.08 bits per heavy atom. The van der Waals surface area contributed by atoms with Gasteiger partial charge in [-0.05, 0) is 42.8 Å². The van der Waals surface area contributed by atoms with Crippen molar-refractivity contribution in [2.45, 2.75) is 19.5 Å². The van der Waals surface area contributed by atoms with Crippen molar-refractivity contribution in [3.05, 3.63) is 107 Å². The summed E-state index contributed by atoms with van der Waals surface area (Å²) < 4.78 is 26.7. The molecule has 4 aromatic rings. The van der Waals surface area contributed by atoms with E-state index < -0.39 is 5.91 Å². The van der Waals surface area contributed by atoms with Gasteiger partial charge >= 0.3 is 0 Å². The lowest BCUT2D eigenvalue weighted by Crippen LogP contribution is -2.27. The Labute approximate surface area is 220 Å². The molecule has 0 aliphatic heterocycles. The lowest BCUT2D eigenvalue weighted by atomic mass is 10.0. The maximum atomic E-state index is 14.3. The van der Waals surface area contributed by atoms with Gasteiger partial charge in [0.05, 0.1) is 32.5 Å². The van der Waals surface area contributed by atoms with Crippen molar-refractivity contribution in [3.63, 3.8) is 0 Å². The van der Waals surface area contributed by atoms with Gasteiger partial charge in [-0.3, -0.25) is 9.48 Å². The van der Waals surface area contributed by atoms with Gasteiger partial charge in [0.25, 0.3) is 5.91 Å². The number of carbonyl (C=O) groups excluding carboxylic acids is 1. The third-order valence-electron chi connectivity index (χ3n) is 6.05. The van der Waals surface area contributed by atoms with Crippen molar-refractivity contribution in [3.8, 4) is 28.8 Å². The molecular formula is C30H27FN4O3. The van der Waals surface area contributed by atoms with Gasteiger partial charge in [-0.25, -0.2) is 4.39 Å². The number of carbonyl (C=O) groups is 1. The van der Waals surface area contributed by atoms with Gasteiger partial charge in [-0.15, -0.1) is 0 Å². The molecule has 7 nitrogen and oxygen atoms in total. The van der Waals surface area contributed by atoms with Crippen LogP contribution in [0.4, 0.5) is 4.39 Å². The molecule has 38 heavy (non-hydrogen) atoms. The van der Waals surface area contributed by atoms with Crippen LogP contribution in [0.3, 0.4) is 0 Å². The SMILES string of the molecule is COc1ccc(-c2nn(Cc3ccccc3F)cc2/C=C(\C#N)C(=O)N[C@@H](C)c2ccccc2)cc1OC. The zero-order chi connectivity index (χ0) is 27.1. The first-order chi connectivity index (χ1) is 18.4. The Hall–Kier alpha value is -4.90. The molecule has 0 fully saturated rings. The highest BCUT2D eigenvalue weighted by Gasteiger charge is 2.18. The van der Waals surface area contributed by atoms with Crippen LogP contribution in [0, 0.1) is 17.1 Å². The molecule has 0 saturated carbocycles. The zero-order valence-corrected chi connectivity index (χ0v) is 21.3. The summed E-state index contributed by atoms with van der Waals surface area (Å²) in [6, 6.07) is 22.9. The van der Waals surface area contributed by atoms with E-state index in [4.69, 9.17) is 9.47 Å². The van der Waals surface area contributed by atoms with Crippen LogP contribution in [0.1, 0.15) is 29.7 Å². The summed E-state index contributed by atoms with van der Waals surface area (Å²) in [6.07, 6.45) is 3.17. The van der Waals surface area contributed by atoms with Crippen LogP contribution < -0.4 is 14.8 Å². The summed E-state index contributed by atoms with van der Waals surface area (Å²) in [6.45, 7) is 2.02. The van der Waals surface area contributed by atoms with Crippen molar-refractivity contribution in [2.75, 3.05) is 14.2 Å². The Morgan fingerprint density at radius 2 is 1.79 bits per heavy atom. The van der Waals surface area contributed by atoms with Gasteiger partial charge in [0.1, 0.15) is 17.5 Å². The molecule has 1 N–H and O–H groups in total. The van der Waals surface area contributed by atoms with Gasteiger partial charge in [-0.2, -0.15) is 10.4 Å². The van der Waals surface area contributed by atoms with E-state index in [1.165, 1.54) is 19.3 Å². The minimum absolute atomic E-state index is 0.0834. The van der Waals surface area contributed by atoms with E-state index in [2.05, 4.69) is 10.4 Å². The normalized spacial score (nSPS) is 11.9. The molecule has 0 aliphatic carbocycles. The van der Waals surface area contributed by atoms with Crippen molar-refractivity contribution in [1.29, 1.82) is 5.26 Å². The van der Waals surface area contributed by atoms with Crippen LogP contribution in [-0.2, 0) is 11.3 Å². The van der Waals surface area contributed by atoms with Gasteiger partial charge in [0.15, 0.2) is 11.5 Å². The lowest BCUT2D eigenvalue weighted by molar-refractivity contribution is -0.117. The number of amides is 1. The van der Waals surface area contributed by atoms with E-state index in [1.54, 1.807) is 54.4 Å². The molecule has 1 atom stereocenters. The first kappa shape index (κ1) is 26.2. The minimum Gasteiger partial charge on any atom is -0.493 e. The summed E-state index contributed by atoms with van der Waals surface area (Å²) in [5.74, 6) is 0.188. The van der Waals surface area contributed by atoms with E-state index >= 15 is 0 Å². The van der Waals surface area contributed by atoms with Crippen LogP contribution in [-0.4, -0.2) is 29.9 Å². The first-order valence-corrected chi connectivity index (χ1v) is 11.9. The molecule has 3 aromatic carbocycles. The van der Waals surface area contributed by atoms with E-state index in [0.717, 1.165) is 5.56 Å². The fraction of sp³-hybridized carbons (Fsp3) is 0.167. The molecule has 4 rings (SSSR count). The second-order valence-corrected chi connectivity index (χ2v) is 8.57. The van der Waals surface area contributed by atoms with E-state index in [-0.39, 0.29) is 24.0 Å². The third kappa shape index (κ3) is 5.90. The van der Waals surface area contributed by atoms with Gasteiger partial charge in [0, 0.05) is 22.9 Å². The van der Waals surface area contributed by atoms with Crippen LogP contribution in [0.15, 0.2) is 84.6 Å². The molecule has 0 spiro atoms. The van der Waals surface area contributed by atoms with Crippen molar-refractivity contribution in [1.82, 2.24) is 15.1 Å². The van der Waals surface area contributed by atoms with Crippen molar-refractivity contribution < 1.29 is 18.7 Å². The fourth-order valence-corrected chi connectivity index (χ4v) is 4.04. The average Bonchev–Trinajstić information content (AvgIpc) is 3.34. The summed E-state index contributed by atoms with van der Waals surface area (Å²) in [5.41, 5.74) is 2.99. The Kier molecular flexibility index (Phi) is 8.19. The van der Waals surface area contributed by atoms with Crippen LogP contribution >= 0.6 is 0 Å². The molecule has 8 heteroatoms. The predicted molar refractivity (Wildman–Crippen MR) is 143 cm³/mol. The highest BCUT2D eigenvalue weighted by molar-refractivity contribution is 6.02. The third-order valence-corrected chi connectivity index (χ3v) is 6.05. The van der Waals surface area contributed by atoms with Gasteiger partial charge in [0.2, 0.25) is 0 Å². The number of ether oxygens (including phenoxy) is 2. The summed E-state index contributed by atoms with van der Waals surface area (Å²) in [4.78, 5) is 13.0. The fourth-order valence-electron chi connectivity index (χ4n) is 4.04. The molecule has 1 amide bonds. The number of methoxy groups -OCH3 is 2. The molecular weight excluding hydrogens is 483 g/mol. The zero-order valence-electron chi connectivity index (χ0n) is 21.3. The average molecular weight is 511 g/mol. The molecule has 0 bridgehead atoms. The van der Waals surface area contributed by atoms with Crippen molar-refractivity contribution >= 4 is 12.0 Å². The van der Waals surface area contributed by atoms with Crippen LogP contribution in [0.5, 0.6) is 11.5 Å². The highest BCUT2D eigenvalue weighted by Crippen LogP contribution is 2.34. The van der Waals surface area contributed by atoms with Crippen LogP contribution in [0.2, 0.25) is 0 Å². The topological polar surface area (TPSA) is 89.2 Å². The molecule has 192 valence electrons. The quantitative estimate of drug-likeness (QED) is 0.236. The molecule has 1 aromatic heterocycles. The summed E-state index contributed by atoms with van der Waals surface area (Å²) >= 11 is 0. The first-order valence-electron chi connectivity index (χ1n) is 11.9. The Bertz CT molecular complexity index is 1510. The second-order valence-electron chi connectivity index (χ2n) is 8.57. The standard InChI is InChI=1S/C30H27FN4O3/c1-20(21-9-5-4-6-10-21)33-30(36)24(17-32)15-25-19-35(18-23-11-7-8-12-26(23)31)34-29(25)22-13-14-27(37-2)28(16-22)38-3/h4-16,19-20H,18H2,1-3H3,(H,33,36)/b24-15+/t20-/m0/s1. The molecule has 0 radical (unpaired) electrons. The number of nitriles is 1. The molecule has 0 saturated heterocycles. The predicted octanol–water partition coefficient (Wildman–Crippen LogP) is 5.54. The summed E-state index contributed by atoms with van der Waals surface area (Å²) in [5, 5.41) is 17.4. The van der Waals surface area contributed by atoms with E-state index in [9.17, 15) is 14.4 Å². The van der Waals surface area contributed by atoms with Crippen molar-refractivity contribution in [2.24, 2.45) is 0 Å². The molecule has 1 heterocycles. The number of rotatable bonds is 9. The maximum Gasteiger partial charge on any atom is 0.262 e. The number of halogens is 1. The monoisotopic (exact) mass is 510 g/mol. The summed E-state index contributed by atoms with van der Waals surface area (Å²) in [7, 11) is 3.08. The molecule has 0 aliphatic rings.